The summed E-state index contributed by atoms with van der Waals surface area (Å²) in [6, 6.07) is 10.1. The quantitative estimate of drug-likeness (QED) is 0.686. The average Bonchev–Trinajstić information content (AvgIpc) is 2.43. The van der Waals surface area contributed by atoms with E-state index in [-0.39, 0.29) is 18.3 Å². The van der Waals surface area contributed by atoms with E-state index >= 15 is 0 Å². The Labute approximate surface area is 134 Å². The van der Waals surface area contributed by atoms with Gasteiger partial charge >= 0.3 is 0 Å². The highest BCUT2D eigenvalue weighted by molar-refractivity contribution is 5.85. The van der Waals surface area contributed by atoms with Crippen LogP contribution in [0.1, 0.15) is 19.4 Å². The van der Waals surface area contributed by atoms with Crippen LogP contribution < -0.4 is 10.6 Å². The van der Waals surface area contributed by atoms with E-state index in [9.17, 15) is 4.79 Å². The zero-order chi connectivity index (χ0) is 14.8. The first kappa shape index (κ1) is 19.9. The third-order valence-electron chi connectivity index (χ3n) is 3.17. The van der Waals surface area contributed by atoms with E-state index in [1.807, 2.05) is 32.0 Å². The maximum Gasteiger partial charge on any atom is 0.226 e. The summed E-state index contributed by atoms with van der Waals surface area (Å²) in [5, 5.41) is 6.18. The van der Waals surface area contributed by atoms with Crippen molar-refractivity contribution in [3.05, 3.63) is 35.9 Å². The number of ether oxygens (including phenoxy) is 1. The lowest BCUT2D eigenvalue weighted by atomic mass is 9.85. The zero-order valence-electron chi connectivity index (χ0n) is 13.1. The van der Waals surface area contributed by atoms with E-state index in [1.165, 1.54) is 5.56 Å². The van der Waals surface area contributed by atoms with Crippen LogP contribution in [0, 0.1) is 5.41 Å². The Kier molecular flexibility index (Phi) is 10.0. The van der Waals surface area contributed by atoms with E-state index in [0.29, 0.717) is 13.2 Å². The van der Waals surface area contributed by atoms with E-state index in [1.54, 1.807) is 7.11 Å². The molecule has 0 saturated heterocycles. The lowest BCUT2D eigenvalue weighted by Gasteiger charge is -2.23. The molecule has 0 spiro atoms. The first-order chi connectivity index (χ1) is 9.56. The Balaban J connectivity index is 0.00000400. The predicted octanol–water partition coefficient (Wildman–Crippen LogP) is 2.03. The van der Waals surface area contributed by atoms with Gasteiger partial charge in [-0.2, -0.15) is 0 Å². The molecule has 0 radical (unpaired) electrons. The number of hydrogen-bond acceptors (Lipinski definition) is 3. The number of carbonyl (C=O) groups excluding carboxylic acids is 1. The fourth-order valence-electron chi connectivity index (χ4n) is 1.99. The molecule has 1 amide bonds. The Hall–Kier alpha value is -1.10. The molecule has 5 heteroatoms. The van der Waals surface area contributed by atoms with Gasteiger partial charge < -0.3 is 15.4 Å². The van der Waals surface area contributed by atoms with Gasteiger partial charge in [0.05, 0.1) is 6.61 Å². The normalized spacial score (nSPS) is 10.8. The molecule has 1 aromatic carbocycles. The maximum absolute atomic E-state index is 12.2. The largest absolute Gasteiger partial charge is 0.383 e. The predicted molar refractivity (Wildman–Crippen MR) is 88.9 cm³/mol. The number of hydrogen-bond donors (Lipinski definition) is 2. The Morgan fingerprint density at radius 3 is 2.43 bits per heavy atom. The third kappa shape index (κ3) is 8.05. The molecular formula is C16H27ClN2O2. The number of nitrogens with one attached hydrogen (secondary N) is 2. The average molecular weight is 315 g/mol. The van der Waals surface area contributed by atoms with Crippen LogP contribution in [0.5, 0.6) is 0 Å². The number of carbonyl (C=O) groups is 1. The van der Waals surface area contributed by atoms with E-state index in [4.69, 9.17) is 4.74 Å². The van der Waals surface area contributed by atoms with Gasteiger partial charge in [-0.05, 0) is 12.0 Å². The molecule has 1 aromatic rings. The molecule has 21 heavy (non-hydrogen) atoms. The number of amides is 1. The van der Waals surface area contributed by atoms with Gasteiger partial charge in [0.1, 0.15) is 0 Å². The molecule has 0 saturated carbocycles. The molecule has 0 aliphatic heterocycles. The van der Waals surface area contributed by atoms with Crippen molar-refractivity contribution in [1.29, 1.82) is 0 Å². The van der Waals surface area contributed by atoms with Crippen LogP contribution in [0.25, 0.3) is 0 Å². The molecule has 0 bridgehead atoms. The van der Waals surface area contributed by atoms with Crippen molar-refractivity contribution in [1.82, 2.24) is 10.6 Å². The van der Waals surface area contributed by atoms with Gasteiger partial charge in [0, 0.05) is 32.2 Å². The second kappa shape index (κ2) is 10.6. The second-order valence-electron chi connectivity index (χ2n) is 5.54. The van der Waals surface area contributed by atoms with Crippen molar-refractivity contribution >= 4 is 18.3 Å². The molecule has 0 aliphatic carbocycles. The van der Waals surface area contributed by atoms with Crippen LogP contribution in [0.3, 0.4) is 0 Å². The molecule has 0 unspecified atom stereocenters. The van der Waals surface area contributed by atoms with Crippen molar-refractivity contribution < 1.29 is 9.53 Å². The van der Waals surface area contributed by atoms with Crippen molar-refractivity contribution in [2.75, 3.05) is 33.4 Å². The summed E-state index contributed by atoms with van der Waals surface area (Å²) in [5.41, 5.74) is 0.791. The van der Waals surface area contributed by atoms with Gasteiger partial charge in [-0.15, -0.1) is 12.4 Å². The Bertz CT molecular complexity index is 397. The fourth-order valence-corrected chi connectivity index (χ4v) is 1.99. The lowest BCUT2D eigenvalue weighted by molar-refractivity contribution is -0.129. The lowest BCUT2D eigenvalue weighted by Crippen LogP contribution is -2.41. The standard InChI is InChI=1S/C16H26N2O2.ClH/c1-16(2,13-14-7-5-4-6-8-14)15(19)18-10-9-17-11-12-20-3;/h4-8,17H,9-13H2,1-3H3,(H,18,19);1H. The van der Waals surface area contributed by atoms with E-state index in [2.05, 4.69) is 22.8 Å². The molecule has 0 fully saturated rings. The van der Waals surface area contributed by atoms with Crippen LogP contribution in [0.2, 0.25) is 0 Å². The van der Waals surface area contributed by atoms with Gasteiger partial charge in [0.25, 0.3) is 0 Å². The number of methoxy groups -OCH3 is 1. The summed E-state index contributed by atoms with van der Waals surface area (Å²) >= 11 is 0. The summed E-state index contributed by atoms with van der Waals surface area (Å²) in [6.07, 6.45) is 0.747. The minimum Gasteiger partial charge on any atom is -0.383 e. The van der Waals surface area contributed by atoms with Crippen LogP contribution in [0.4, 0.5) is 0 Å². The van der Waals surface area contributed by atoms with Gasteiger partial charge in [-0.1, -0.05) is 44.2 Å². The van der Waals surface area contributed by atoms with Gasteiger partial charge in [0.15, 0.2) is 0 Å². The first-order valence-corrected chi connectivity index (χ1v) is 7.08. The maximum atomic E-state index is 12.2. The van der Waals surface area contributed by atoms with Crippen molar-refractivity contribution in [2.45, 2.75) is 20.3 Å². The third-order valence-corrected chi connectivity index (χ3v) is 3.17. The molecule has 2 N–H and O–H groups in total. The zero-order valence-corrected chi connectivity index (χ0v) is 14.0. The van der Waals surface area contributed by atoms with Gasteiger partial charge in [0.2, 0.25) is 5.91 Å². The second-order valence-corrected chi connectivity index (χ2v) is 5.54. The molecule has 0 aromatic heterocycles. The summed E-state index contributed by atoms with van der Waals surface area (Å²) in [7, 11) is 1.68. The van der Waals surface area contributed by atoms with Crippen molar-refractivity contribution in [3.8, 4) is 0 Å². The molecule has 120 valence electrons. The van der Waals surface area contributed by atoms with Crippen molar-refractivity contribution in [3.63, 3.8) is 0 Å². The minimum atomic E-state index is -0.395. The van der Waals surface area contributed by atoms with Gasteiger partial charge in [-0.25, -0.2) is 0 Å². The summed E-state index contributed by atoms with van der Waals surface area (Å²) in [6.45, 7) is 6.85. The van der Waals surface area contributed by atoms with Crippen LogP contribution in [-0.4, -0.2) is 39.3 Å². The molecule has 4 nitrogen and oxygen atoms in total. The number of benzene rings is 1. The topological polar surface area (TPSA) is 50.4 Å². The smallest absolute Gasteiger partial charge is 0.226 e. The fraction of sp³-hybridized carbons (Fsp3) is 0.562. The number of halogens is 1. The van der Waals surface area contributed by atoms with E-state index in [0.717, 1.165) is 19.5 Å². The molecule has 0 heterocycles. The first-order valence-electron chi connectivity index (χ1n) is 7.08. The molecule has 0 atom stereocenters. The molecular weight excluding hydrogens is 288 g/mol. The van der Waals surface area contributed by atoms with Crippen molar-refractivity contribution in [2.24, 2.45) is 5.41 Å². The van der Waals surface area contributed by atoms with Crippen LogP contribution in [-0.2, 0) is 16.0 Å². The highest BCUT2D eigenvalue weighted by Crippen LogP contribution is 2.21. The highest BCUT2D eigenvalue weighted by Gasteiger charge is 2.27. The van der Waals surface area contributed by atoms with Crippen LogP contribution >= 0.6 is 12.4 Å². The SMILES string of the molecule is COCCNCCNC(=O)C(C)(C)Cc1ccccc1.Cl. The Morgan fingerprint density at radius 2 is 1.81 bits per heavy atom. The molecule has 1 rings (SSSR count). The number of rotatable bonds is 9. The summed E-state index contributed by atoms with van der Waals surface area (Å²) in [5.74, 6) is 0.0925. The van der Waals surface area contributed by atoms with Crippen LogP contribution in [0.15, 0.2) is 30.3 Å². The molecule has 0 aliphatic rings. The minimum absolute atomic E-state index is 0. The monoisotopic (exact) mass is 314 g/mol. The summed E-state index contributed by atoms with van der Waals surface area (Å²) < 4.78 is 4.94. The van der Waals surface area contributed by atoms with Gasteiger partial charge in [-0.3, -0.25) is 4.79 Å². The summed E-state index contributed by atoms with van der Waals surface area (Å²) in [4.78, 5) is 12.2. The Morgan fingerprint density at radius 1 is 1.14 bits per heavy atom. The highest BCUT2D eigenvalue weighted by atomic mass is 35.5. The van der Waals surface area contributed by atoms with E-state index < -0.39 is 5.41 Å².